The van der Waals surface area contributed by atoms with Crippen molar-refractivity contribution in [1.82, 2.24) is 4.90 Å². The number of anilines is 1. The fraction of sp³-hybridized carbons (Fsp3) is 0.562. The molecule has 1 aromatic rings. The number of carbonyl (C=O) groups is 1. The average molecular weight is 311 g/mol. The van der Waals surface area contributed by atoms with Gasteiger partial charge in [0.25, 0.3) is 0 Å². The van der Waals surface area contributed by atoms with Crippen molar-refractivity contribution in [1.29, 1.82) is 0 Å². The summed E-state index contributed by atoms with van der Waals surface area (Å²) in [4.78, 5) is 15.3. The molecule has 0 spiro atoms. The van der Waals surface area contributed by atoms with Crippen molar-refractivity contribution < 1.29 is 9.90 Å². The molecule has 0 aliphatic carbocycles. The highest BCUT2D eigenvalue weighted by atomic mass is 35.5. The molecule has 1 aliphatic rings. The molecule has 0 unspecified atom stereocenters. The molecular weight excluding hydrogens is 288 g/mol. The molecule has 1 aliphatic heterocycles. The molecule has 1 aromatic carbocycles. The van der Waals surface area contributed by atoms with Crippen molar-refractivity contribution in [2.24, 2.45) is 0 Å². The number of unbranched alkanes of at least 4 members (excludes halogenated alkanes) is 2. The van der Waals surface area contributed by atoms with Crippen LogP contribution in [0.5, 0.6) is 0 Å². The van der Waals surface area contributed by atoms with Gasteiger partial charge in [-0.3, -0.25) is 9.69 Å². The Labute approximate surface area is 131 Å². The molecule has 5 heteroatoms. The van der Waals surface area contributed by atoms with Crippen LogP contribution in [0.1, 0.15) is 25.7 Å². The molecule has 116 valence electrons. The summed E-state index contributed by atoms with van der Waals surface area (Å²) in [6.07, 6.45) is 3.17. The van der Waals surface area contributed by atoms with E-state index in [9.17, 15) is 4.79 Å². The van der Waals surface area contributed by atoms with Crippen LogP contribution in [-0.4, -0.2) is 48.7 Å². The van der Waals surface area contributed by atoms with Crippen LogP contribution in [0.4, 0.5) is 5.69 Å². The molecule has 1 saturated heterocycles. The lowest BCUT2D eigenvalue weighted by molar-refractivity contribution is -0.137. The van der Waals surface area contributed by atoms with E-state index >= 15 is 0 Å². The summed E-state index contributed by atoms with van der Waals surface area (Å²) in [5.74, 6) is -0.690. The molecule has 4 nitrogen and oxygen atoms in total. The Kier molecular flexibility index (Phi) is 6.33. The number of nitrogens with zero attached hydrogens (tertiary/aromatic N) is 2. The van der Waals surface area contributed by atoms with E-state index in [0.29, 0.717) is 6.42 Å². The third-order valence-electron chi connectivity index (χ3n) is 3.91. The Morgan fingerprint density at radius 2 is 1.90 bits per heavy atom. The molecule has 0 radical (unpaired) electrons. The fourth-order valence-corrected chi connectivity index (χ4v) is 2.88. The summed E-state index contributed by atoms with van der Waals surface area (Å²) in [6, 6.07) is 8.02. The first kappa shape index (κ1) is 16.1. The predicted molar refractivity (Wildman–Crippen MR) is 86.2 cm³/mol. The summed E-state index contributed by atoms with van der Waals surface area (Å²) in [5, 5.41) is 9.38. The summed E-state index contributed by atoms with van der Waals surface area (Å²) in [5.41, 5.74) is 1.20. The van der Waals surface area contributed by atoms with Crippen LogP contribution in [0.3, 0.4) is 0 Å². The maximum Gasteiger partial charge on any atom is 0.303 e. The molecule has 0 aromatic heterocycles. The standard InChI is InChI=1S/C16H23ClN2O2/c17-14-5-4-6-15(13-14)19-11-9-18(10-12-19)8-3-1-2-7-16(20)21/h4-6,13H,1-3,7-12H2,(H,20,21). The largest absolute Gasteiger partial charge is 0.481 e. The van der Waals surface area contributed by atoms with E-state index in [1.165, 1.54) is 5.69 Å². The zero-order chi connectivity index (χ0) is 15.1. The number of carboxylic acid groups (broad SMARTS) is 1. The third kappa shape index (κ3) is 5.56. The quantitative estimate of drug-likeness (QED) is 0.786. The van der Waals surface area contributed by atoms with Crippen molar-refractivity contribution in [3.63, 3.8) is 0 Å². The van der Waals surface area contributed by atoms with Crippen LogP contribution in [0.25, 0.3) is 0 Å². The van der Waals surface area contributed by atoms with Crippen molar-refractivity contribution in [3.8, 4) is 0 Å². The summed E-state index contributed by atoms with van der Waals surface area (Å²) in [6.45, 7) is 5.24. The van der Waals surface area contributed by atoms with Crippen molar-refractivity contribution in [2.45, 2.75) is 25.7 Å². The minimum Gasteiger partial charge on any atom is -0.481 e. The molecular formula is C16H23ClN2O2. The van der Waals surface area contributed by atoms with Gasteiger partial charge in [0, 0.05) is 43.3 Å². The molecule has 21 heavy (non-hydrogen) atoms. The smallest absolute Gasteiger partial charge is 0.303 e. The number of hydrogen-bond acceptors (Lipinski definition) is 3. The number of rotatable bonds is 7. The van der Waals surface area contributed by atoms with Crippen LogP contribution in [0.15, 0.2) is 24.3 Å². The number of aliphatic carboxylic acids is 1. The van der Waals surface area contributed by atoms with Crippen LogP contribution >= 0.6 is 11.6 Å². The van der Waals surface area contributed by atoms with Crippen LogP contribution in [0.2, 0.25) is 5.02 Å². The summed E-state index contributed by atoms with van der Waals surface area (Å²) in [7, 11) is 0. The average Bonchev–Trinajstić information content (AvgIpc) is 2.47. The van der Waals surface area contributed by atoms with Gasteiger partial charge >= 0.3 is 5.97 Å². The van der Waals surface area contributed by atoms with E-state index in [0.717, 1.165) is 57.0 Å². The van der Waals surface area contributed by atoms with Gasteiger partial charge in [0.2, 0.25) is 0 Å². The second-order valence-electron chi connectivity index (χ2n) is 5.51. The predicted octanol–water partition coefficient (Wildman–Crippen LogP) is 3.11. The van der Waals surface area contributed by atoms with Gasteiger partial charge in [-0.1, -0.05) is 24.1 Å². The van der Waals surface area contributed by atoms with Gasteiger partial charge in [0.1, 0.15) is 0 Å². The van der Waals surface area contributed by atoms with Gasteiger partial charge in [-0.05, 0) is 37.6 Å². The number of carboxylic acids is 1. The Bertz CT molecular complexity index is 459. The van der Waals surface area contributed by atoms with Crippen molar-refractivity contribution in [2.75, 3.05) is 37.6 Å². The van der Waals surface area contributed by atoms with Gasteiger partial charge < -0.3 is 10.0 Å². The van der Waals surface area contributed by atoms with Crippen molar-refractivity contribution in [3.05, 3.63) is 29.3 Å². The normalized spacial score (nSPS) is 16.1. The minimum absolute atomic E-state index is 0.294. The molecule has 0 bridgehead atoms. The molecule has 0 atom stereocenters. The second-order valence-corrected chi connectivity index (χ2v) is 5.95. The lowest BCUT2D eigenvalue weighted by atomic mass is 10.1. The first-order chi connectivity index (χ1) is 10.1. The Morgan fingerprint density at radius 1 is 1.14 bits per heavy atom. The van der Waals surface area contributed by atoms with Gasteiger partial charge in [0.15, 0.2) is 0 Å². The zero-order valence-corrected chi connectivity index (χ0v) is 13.1. The molecule has 1 N–H and O–H groups in total. The highest BCUT2D eigenvalue weighted by Gasteiger charge is 2.16. The fourth-order valence-electron chi connectivity index (χ4n) is 2.69. The highest BCUT2D eigenvalue weighted by molar-refractivity contribution is 6.30. The molecule has 1 fully saturated rings. The van der Waals surface area contributed by atoms with Crippen LogP contribution in [0, 0.1) is 0 Å². The lowest BCUT2D eigenvalue weighted by Gasteiger charge is -2.36. The van der Waals surface area contributed by atoms with Gasteiger partial charge in [-0.2, -0.15) is 0 Å². The van der Waals surface area contributed by atoms with Crippen LogP contribution < -0.4 is 4.90 Å². The molecule has 1 heterocycles. The van der Waals surface area contributed by atoms with Crippen LogP contribution in [-0.2, 0) is 4.79 Å². The topological polar surface area (TPSA) is 43.8 Å². The van der Waals surface area contributed by atoms with E-state index in [2.05, 4.69) is 15.9 Å². The SMILES string of the molecule is O=C(O)CCCCCN1CCN(c2cccc(Cl)c2)CC1. The van der Waals surface area contributed by atoms with Gasteiger partial charge in [-0.25, -0.2) is 0 Å². The van der Waals surface area contributed by atoms with E-state index in [4.69, 9.17) is 16.7 Å². The summed E-state index contributed by atoms with van der Waals surface area (Å²) < 4.78 is 0. The first-order valence-electron chi connectivity index (χ1n) is 7.60. The number of halogens is 1. The van der Waals surface area contributed by atoms with Crippen molar-refractivity contribution >= 4 is 23.3 Å². The lowest BCUT2D eigenvalue weighted by Crippen LogP contribution is -2.46. The minimum atomic E-state index is -0.690. The van der Waals surface area contributed by atoms with E-state index in [1.807, 2.05) is 18.2 Å². The molecule has 0 amide bonds. The summed E-state index contributed by atoms with van der Waals surface area (Å²) >= 11 is 6.03. The monoisotopic (exact) mass is 310 g/mol. The Hall–Kier alpha value is -1.26. The first-order valence-corrected chi connectivity index (χ1v) is 7.97. The third-order valence-corrected chi connectivity index (χ3v) is 4.15. The maximum absolute atomic E-state index is 10.4. The Balaban J connectivity index is 1.65. The number of hydrogen-bond donors (Lipinski definition) is 1. The molecule has 0 saturated carbocycles. The van der Waals surface area contributed by atoms with E-state index in [1.54, 1.807) is 0 Å². The molecule has 2 rings (SSSR count). The number of piperazine rings is 1. The van der Waals surface area contributed by atoms with Gasteiger partial charge in [0.05, 0.1) is 0 Å². The van der Waals surface area contributed by atoms with Gasteiger partial charge in [-0.15, -0.1) is 0 Å². The zero-order valence-electron chi connectivity index (χ0n) is 12.3. The number of benzene rings is 1. The highest BCUT2D eigenvalue weighted by Crippen LogP contribution is 2.20. The van der Waals surface area contributed by atoms with E-state index < -0.39 is 5.97 Å². The maximum atomic E-state index is 10.4. The second kappa shape index (κ2) is 8.25. The van der Waals surface area contributed by atoms with E-state index in [-0.39, 0.29) is 0 Å². The Morgan fingerprint density at radius 3 is 2.57 bits per heavy atom.